The van der Waals surface area contributed by atoms with Crippen LogP contribution in [0.1, 0.15) is 40.4 Å². The highest BCUT2D eigenvalue weighted by Crippen LogP contribution is 2.30. The lowest BCUT2D eigenvalue weighted by molar-refractivity contribution is 0.0401. The van der Waals surface area contributed by atoms with Gasteiger partial charge in [0, 0.05) is 24.6 Å². The van der Waals surface area contributed by atoms with E-state index in [9.17, 15) is 9.90 Å². The summed E-state index contributed by atoms with van der Waals surface area (Å²) in [4.78, 5) is 14.6. The molecule has 0 bridgehead atoms. The summed E-state index contributed by atoms with van der Waals surface area (Å²) in [6, 6.07) is 17.4. The van der Waals surface area contributed by atoms with Gasteiger partial charge in [-0.1, -0.05) is 48.0 Å². The molecule has 1 N–H and O–H groups in total. The molecule has 2 atom stereocenters. The van der Waals surface area contributed by atoms with Gasteiger partial charge in [-0.25, -0.2) is 0 Å². The van der Waals surface area contributed by atoms with Crippen molar-refractivity contribution < 1.29 is 9.90 Å². The Balaban J connectivity index is 1.72. The Labute approximate surface area is 137 Å². The molecule has 1 amide bonds. The SMILES string of the molecule is Cc1cccc(C(=O)N2CCCC([C@H](O)c3ccccc3)C2)c1. The number of aliphatic hydroxyl groups is 1. The van der Waals surface area contributed by atoms with Crippen LogP contribution < -0.4 is 0 Å². The predicted octanol–water partition coefficient (Wildman–Crippen LogP) is 3.58. The molecule has 0 radical (unpaired) electrons. The molecule has 0 saturated carbocycles. The van der Waals surface area contributed by atoms with Crippen molar-refractivity contribution >= 4 is 5.91 Å². The zero-order chi connectivity index (χ0) is 16.2. The minimum Gasteiger partial charge on any atom is -0.388 e. The fraction of sp³-hybridized carbons (Fsp3) is 0.350. The summed E-state index contributed by atoms with van der Waals surface area (Å²) in [6.45, 7) is 3.38. The second-order valence-electron chi connectivity index (χ2n) is 6.38. The van der Waals surface area contributed by atoms with Crippen molar-refractivity contribution in [3.05, 3.63) is 71.3 Å². The maximum atomic E-state index is 12.7. The van der Waals surface area contributed by atoms with E-state index < -0.39 is 6.10 Å². The van der Waals surface area contributed by atoms with Crippen molar-refractivity contribution in [2.75, 3.05) is 13.1 Å². The number of amides is 1. The van der Waals surface area contributed by atoms with Crippen LogP contribution in [0.2, 0.25) is 0 Å². The molecule has 3 rings (SSSR count). The third-order valence-corrected chi connectivity index (χ3v) is 4.60. The van der Waals surface area contributed by atoms with Gasteiger partial charge in [-0.05, 0) is 37.5 Å². The minimum atomic E-state index is -0.510. The molecule has 1 heterocycles. The molecular weight excluding hydrogens is 286 g/mol. The molecule has 2 aromatic rings. The average Bonchev–Trinajstić information content (AvgIpc) is 2.61. The molecular formula is C20H23NO2. The highest BCUT2D eigenvalue weighted by molar-refractivity contribution is 5.94. The fourth-order valence-electron chi connectivity index (χ4n) is 3.34. The van der Waals surface area contributed by atoms with Crippen molar-refractivity contribution in [2.45, 2.75) is 25.9 Å². The van der Waals surface area contributed by atoms with Crippen molar-refractivity contribution in [3.8, 4) is 0 Å². The third-order valence-electron chi connectivity index (χ3n) is 4.60. The van der Waals surface area contributed by atoms with E-state index in [0.29, 0.717) is 6.54 Å². The van der Waals surface area contributed by atoms with Crippen LogP contribution in [0.4, 0.5) is 0 Å². The standard InChI is InChI=1S/C20H23NO2/c1-15-7-5-10-17(13-15)20(23)21-12-6-11-18(14-21)19(22)16-8-3-2-4-9-16/h2-5,7-10,13,18-19,22H,6,11-12,14H2,1H3/t18?,19-/m1/s1. The lowest BCUT2D eigenvalue weighted by Crippen LogP contribution is -2.41. The predicted molar refractivity (Wildman–Crippen MR) is 91.2 cm³/mol. The molecule has 1 saturated heterocycles. The Bertz CT molecular complexity index is 668. The number of likely N-dealkylation sites (tertiary alicyclic amines) is 1. The van der Waals surface area contributed by atoms with Gasteiger partial charge in [0.2, 0.25) is 0 Å². The molecule has 0 spiro atoms. The van der Waals surface area contributed by atoms with Crippen LogP contribution in [0.15, 0.2) is 54.6 Å². The highest BCUT2D eigenvalue weighted by atomic mass is 16.3. The maximum absolute atomic E-state index is 12.7. The van der Waals surface area contributed by atoms with Gasteiger partial charge < -0.3 is 10.0 Å². The van der Waals surface area contributed by atoms with Gasteiger partial charge in [0.1, 0.15) is 0 Å². The quantitative estimate of drug-likeness (QED) is 0.941. The largest absolute Gasteiger partial charge is 0.388 e. The second-order valence-corrected chi connectivity index (χ2v) is 6.38. The summed E-state index contributed by atoms with van der Waals surface area (Å²) >= 11 is 0. The molecule has 1 fully saturated rings. The first kappa shape index (κ1) is 15.8. The molecule has 3 heteroatoms. The number of benzene rings is 2. The number of carbonyl (C=O) groups excluding carboxylic acids is 1. The van der Waals surface area contributed by atoms with Gasteiger partial charge in [0.25, 0.3) is 5.91 Å². The molecule has 0 aliphatic carbocycles. The number of aliphatic hydroxyl groups excluding tert-OH is 1. The number of rotatable bonds is 3. The van der Waals surface area contributed by atoms with E-state index in [2.05, 4.69) is 0 Å². The second kappa shape index (κ2) is 6.97. The Morgan fingerprint density at radius 2 is 1.96 bits per heavy atom. The molecule has 1 aliphatic heterocycles. The van der Waals surface area contributed by atoms with E-state index in [-0.39, 0.29) is 11.8 Å². The summed E-state index contributed by atoms with van der Waals surface area (Å²) in [6.07, 6.45) is 1.38. The summed E-state index contributed by atoms with van der Waals surface area (Å²) < 4.78 is 0. The van der Waals surface area contributed by atoms with Gasteiger partial charge in [0.15, 0.2) is 0 Å². The van der Waals surface area contributed by atoms with Crippen LogP contribution in [-0.2, 0) is 0 Å². The van der Waals surface area contributed by atoms with Crippen molar-refractivity contribution in [3.63, 3.8) is 0 Å². The van der Waals surface area contributed by atoms with Gasteiger partial charge >= 0.3 is 0 Å². The number of aryl methyl sites for hydroxylation is 1. The average molecular weight is 309 g/mol. The summed E-state index contributed by atoms with van der Waals surface area (Å²) in [5, 5.41) is 10.6. The highest BCUT2D eigenvalue weighted by Gasteiger charge is 2.29. The molecule has 2 aromatic carbocycles. The van der Waals surface area contributed by atoms with Crippen LogP contribution in [0.5, 0.6) is 0 Å². The summed E-state index contributed by atoms with van der Waals surface area (Å²) in [5.74, 6) is 0.165. The van der Waals surface area contributed by atoms with E-state index in [1.54, 1.807) is 0 Å². The molecule has 3 nitrogen and oxygen atoms in total. The zero-order valence-electron chi connectivity index (χ0n) is 13.5. The van der Waals surface area contributed by atoms with E-state index in [1.165, 1.54) is 0 Å². The van der Waals surface area contributed by atoms with Crippen molar-refractivity contribution in [1.82, 2.24) is 4.90 Å². The first-order chi connectivity index (χ1) is 11.1. The molecule has 1 aliphatic rings. The fourth-order valence-corrected chi connectivity index (χ4v) is 3.34. The first-order valence-electron chi connectivity index (χ1n) is 8.24. The number of nitrogens with zero attached hydrogens (tertiary/aromatic N) is 1. The number of hydrogen-bond donors (Lipinski definition) is 1. The smallest absolute Gasteiger partial charge is 0.253 e. The van der Waals surface area contributed by atoms with Crippen LogP contribution >= 0.6 is 0 Å². The van der Waals surface area contributed by atoms with Crippen LogP contribution in [0.3, 0.4) is 0 Å². The topological polar surface area (TPSA) is 40.5 Å². The summed E-state index contributed by atoms with van der Waals surface area (Å²) in [7, 11) is 0. The van der Waals surface area contributed by atoms with E-state index in [4.69, 9.17) is 0 Å². The van der Waals surface area contributed by atoms with Crippen LogP contribution in [0, 0.1) is 12.8 Å². The van der Waals surface area contributed by atoms with Crippen molar-refractivity contribution in [2.24, 2.45) is 5.92 Å². The van der Waals surface area contributed by atoms with Gasteiger partial charge in [-0.15, -0.1) is 0 Å². The Hall–Kier alpha value is -2.13. The molecule has 0 aromatic heterocycles. The number of carbonyl (C=O) groups is 1. The van der Waals surface area contributed by atoms with Gasteiger partial charge in [-0.3, -0.25) is 4.79 Å². The zero-order valence-corrected chi connectivity index (χ0v) is 13.5. The van der Waals surface area contributed by atoms with Gasteiger partial charge in [0.05, 0.1) is 6.10 Å². The maximum Gasteiger partial charge on any atom is 0.253 e. The molecule has 1 unspecified atom stereocenters. The third kappa shape index (κ3) is 3.62. The van der Waals surface area contributed by atoms with E-state index in [0.717, 1.165) is 36.1 Å². The molecule has 120 valence electrons. The normalized spacial score (nSPS) is 19.4. The minimum absolute atomic E-state index is 0.0682. The molecule has 23 heavy (non-hydrogen) atoms. The number of hydrogen-bond acceptors (Lipinski definition) is 2. The Morgan fingerprint density at radius 3 is 2.70 bits per heavy atom. The summed E-state index contributed by atoms with van der Waals surface area (Å²) in [5.41, 5.74) is 2.76. The lowest BCUT2D eigenvalue weighted by atomic mass is 9.88. The lowest BCUT2D eigenvalue weighted by Gasteiger charge is -2.35. The Morgan fingerprint density at radius 1 is 1.17 bits per heavy atom. The first-order valence-corrected chi connectivity index (χ1v) is 8.24. The van der Waals surface area contributed by atoms with E-state index >= 15 is 0 Å². The van der Waals surface area contributed by atoms with Gasteiger partial charge in [-0.2, -0.15) is 0 Å². The van der Waals surface area contributed by atoms with E-state index in [1.807, 2.05) is 66.4 Å². The van der Waals surface area contributed by atoms with Crippen molar-refractivity contribution in [1.29, 1.82) is 0 Å². The van der Waals surface area contributed by atoms with Crippen LogP contribution in [0.25, 0.3) is 0 Å². The number of piperidine rings is 1. The Kier molecular flexibility index (Phi) is 4.77. The monoisotopic (exact) mass is 309 g/mol. The van der Waals surface area contributed by atoms with Crippen LogP contribution in [-0.4, -0.2) is 29.0 Å².